The fourth-order valence-corrected chi connectivity index (χ4v) is 4.33. The molecule has 2 saturated heterocycles. The molecule has 2 aromatic rings. The van der Waals surface area contributed by atoms with Gasteiger partial charge in [0.1, 0.15) is 18.7 Å². The lowest BCUT2D eigenvalue weighted by molar-refractivity contribution is -0.133. The second-order valence-corrected chi connectivity index (χ2v) is 8.62. The van der Waals surface area contributed by atoms with E-state index < -0.39 is 11.6 Å². The molecule has 0 radical (unpaired) electrons. The fraction of sp³-hybridized carbons (Fsp3) is 0.542. The first-order chi connectivity index (χ1) is 15.5. The lowest BCUT2D eigenvalue weighted by atomic mass is 9.95. The van der Waals surface area contributed by atoms with Crippen LogP contribution in [0.1, 0.15) is 43.5 Å². The molecule has 7 nitrogen and oxygen atoms in total. The van der Waals surface area contributed by atoms with Gasteiger partial charge in [-0.2, -0.15) is 0 Å². The van der Waals surface area contributed by atoms with Crippen molar-refractivity contribution < 1.29 is 18.7 Å². The molecular weight excluding hydrogens is 411 g/mol. The van der Waals surface area contributed by atoms with Gasteiger partial charge in [-0.3, -0.25) is 4.79 Å². The normalized spacial score (nSPS) is 20.5. The SMILES string of the molecule is Cc1ncnc(C)c1-c1cc(NC(=O)C2(F)CCOCC2)ccc1OC[C@H]1CCCCN1. The van der Waals surface area contributed by atoms with E-state index in [0.717, 1.165) is 35.5 Å². The van der Waals surface area contributed by atoms with Gasteiger partial charge in [0.25, 0.3) is 5.91 Å². The van der Waals surface area contributed by atoms with Crippen molar-refractivity contribution in [1.29, 1.82) is 0 Å². The van der Waals surface area contributed by atoms with Crippen LogP contribution in [0.4, 0.5) is 10.1 Å². The molecule has 1 aromatic heterocycles. The molecule has 2 aliphatic heterocycles. The van der Waals surface area contributed by atoms with E-state index in [-0.39, 0.29) is 26.1 Å². The number of alkyl halides is 1. The summed E-state index contributed by atoms with van der Waals surface area (Å²) in [6.45, 7) is 5.89. The van der Waals surface area contributed by atoms with Crippen molar-refractivity contribution in [3.8, 4) is 16.9 Å². The van der Waals surface area contributed by atoms with E-state index in [0.29, 0.717) is 24.1 Å². The third-order valence-corrected chi connectivity index (χ3v) is 6.28. The number of hydrogen-bond donors (Lipinski definition) is 2. The highest BCUT2D eigenvalue weighted by Crippen LogP contribution is 2.36. The van der Waals surface area contributed by atoms with Gasteiger partial charge in [0.15, 0.2) is 5.67 Å². The first-order valence-corrected chi connectivity index (χ1v) is 11.3. The van der Waals surface area contributed by atoms with Crippen molar-refractivity contribution in [3.05, 3.63) is 35.9 Å². The number of benzene rings is 1. The van der Waals surface area contributed by atoms with E-state index in [1.54, 1.807) is 6.07 Å². The molecule has 0 unspecified atom stereocenters. The van der Waals surface area contributed by atoms with Crippen LogP contribution < -0.4 is 15.4 Å². The van der Waals surface area contributed by atoms with Crippen LogP contribution in [0, 0.1) is 13.8 Å². The van der Waals surface area contributed by atoms with Crippen molar-refractivity contribution in [3.63, 3.8) is 0 Å². The Morgan fingerprint density at radius 1 is 1.25 bits per heavy atom. The minimum absolute atomic E-state index is 0.0615. The second-order valence-electron chi connectivity index (χ2n) is 8.62. The summed E-state index contributed by atoms with van der Waals surface area (Å²) in [5, 5.41) is 6.25. The van der Waals surface area contributed by atoms with Crippen molar-refractivity contribution >= 4 is 11.6 Å². The number of anilines is 1. The molecule has 0 spiro atoms. The van der Waals surface area contributed by atoms with E-state index in [1.165, 1.54) is 19.2 Å². The van der Waals surface area contributed by atoms with Gasteiger partial charge in [-0.15, -0.1) is 0 Å². The Labute approximate surface area is 188 Å². The minimum Gasteiger partial charge on any atom is -0.491 e. The van der Waals surface area contributed by atoms with Crippen LogP contribution in [0.3, 0.4) is 0 Å². The Balaban J connectivity index is 1.61. The summed E-state index contributed by atoms with van der Waals surface area (Å²) < 4.78 is 26.5. The zero-order chi connectivity index (χ0) is 22.6. The summed E-state index contributed by atoms with van der Waals surface area (Å²) in [5.41, 5.74) is 1.87. The summed E-state index contributed by atoms with van der Waals surface area (Å²) in [6, 6.07) is 5.71. The van der Waals surface area contributed by atoms with Gasteiger partial charge in [0.2, 0.25) is 0 Å². The highest BCUT2D eigenvalue weighted by molar-refractivity contribution is 5.98. The van der Waals surface area contributed by atoms with Gasteiger partial charge >= 0.3 is 0 Å². The standard InChI is InChI=1S/C24H31FN4O3/c1-16-22(17(2)28-15-27-16)20-13-18(29-23(30)24(25)8-11-31-12-9-24)6-7-21(20)32-14-19-5-3-4-10-26-19/h6-7,13,15,19,26H,3-5,8-12,14H2,1-2H3,(H,29,30)/t19-/m1/s1. The van der Waals surface area contributed by atoms with E-state index >= 15 is 4.39 Å². The molecule has 0 bridgehead atoms. The minimum atomic E-state index is -1.91. The molecular formula is C24H31FN4O3. The zero-order valence-corrected chi connectivity index (χ0v) is 18.7. The topological polar surface area (TPSA) is 85.4 Å². The third-order valence-electron chi connectivity index (χ3n) is 6.28. The third kappa shape index (κ3) is 5.07. The number of piperidine rings is 1. The molecule has 32 heavy (non-hydrogen) atoms. The average Bonchev–Trinajstić information content (AvgIpc) is 2.79. The van der Waals surface area contributed by atoms with Crippen LogP contribution in [-0.2, 0) is 9.53 Å². The first-order valence-electron chi connectivity index (χ1n) is 11.3. The summed E-state index contributed by atoms with van der Waals surface area (Å²) in [7, 11) is 0. The van der Waals surface area contributed by atoms with Gasteiger partial charge < -0.3 is 20.1 Å². The van der Waals surface area contributed by atoms with Crippen LogP contribution in [0.5, 0.6) is 5.75 Å². The van der Waals surface area contributed by atoms with Crippen LogP contribution in [-0.4, -0.2) is 54.0 Å². The molecule has 1 amide bonds. The van der Waals surface area contributed by atoms with Crippen molar-refractivity contribution in [2.75, 3.05) is 31.7 Å². The Hall–Kier alpha value is -2.58. The Kier molecular flexibility index (Phi) is 7.01. The summed E-state index contributed by atoms with van der Waals surface area (Å²) >= 11 is 0. The number of aryl methyl sites for hydroxylation is 2. The van der Waals surface area contributed by atoms with Gasteiger partial charge in [-0.1, -0.05) is 6.42 Å². The number of rotatable bonds is 6. The largest absolute Gasteiger partial charge is 0.491 e. The molecule has 4 rings (SSSR count). The smallest absolute Gasteiger partial charge is 0.262 e. The number of nitrogens with one attached hydrogen (secondary N) is 2. The highest BCUT2D eigenvalue weighted by Gasteiger charge is 2.40. The maximum atomic E-state index is 15.1. The number of hydrogen-bond acceptors (Lipinski definition) is 6. The molecule has 8 heteroatoms. The Morgan fingerprint density at radius 2 is 2.00 bits per heavy atom. The molecule has 0 aliphatic carbocycles. The molecule has 0 saturated carbocycles. The number of carbonyl (C=O) groups is 1. The maximum Gasteiger partial charge on any atom is 0.262 e. The first kappa shape index (κ1) is 22.6. The highest BCUT2D eigenvalue weighted by atomic mass is 19.1. The van der Waals surface area contributed by atoms with Crippen LogP contribution in [0.25, 0.3) is 11.1 Å². The number of nitrogens with zero attached hydrogens (tertiary/aromatic N) is 2. The lowest BCUT2D eigenvalue weighted by Crippen LogP contribution is -2.43. The summed E-state index contributed by atoms with van der Waals surface area (Å²) in [6.07, 6.45) is 5.12. The van der Waals surface area contributed by atoms with Gasteiger partial charge in [0, 0.05) is 47.1 Å². The maximum absolute atomic E-state index is 15.1. The predicted molar refractivity (Wildman–Crippen MR) is 121 cm³/mol. The molecule has 2 N–H and O–H groups in total. The van der Waals surface area contributed by atoms with E-state index in [9.17, 15) is 4.79 Å². The van der Waals surface area contributed by atoms with E-state index in [4.69, 9.17) is 9.47 Å². The van der Waals surface area contributed by atoms with Gasteiger partial charge in [-0.25, -0.2) is 14.4 Å². The van der Waals surface area contributed by atoms with Gasteiger partial charge in [0.05, 0.1) is 13.2 Å². The van der Waals surface area contributed by atoms with Crippen molar-refractivity contribution in [2.45, 2.75) is 57.7 Å². The average molecular weight is 443 g/mol. The van der Waals surface area contributed by atoms with E-state index in [1.807, 2.05) is 26.0 Å². The summed E-state index contributed by atoms with van der Waals surface area (Å²) in [5.74, 6) is 0.0574. The van der Waals surface area contributed by atoms with E-state index in [2.05, 4.69) is 20.6 Å². The molecule has 3 heterocycles. The Morgan fingerprint density at radius 3 is 2.69 bits per heavy atom. The molecule has 172 valence electrons. The monoisotopic (exact) mass is 442 g/mol. The van der Waals surface area contributed by atoms with Crippen molar-refractivity contribution in [2.24, 2.45) is 0 Å². The van der Waals surface area contributed by atoms with Crippen LogP contribution in [0.15, 0.2) is 24.5 Å². The van der Waals surface area contributed by atoms with Gasteiger partial charge in [-0.05, 0) is 51.4 Å². The van der Waals surface area contributed by atoms with Crippen LogP contribution >= 0.6 is 0 Å². The number of aromatic nitrogens is 2. The summed E-state index contributed by atoms with van der Waals surface area (Å²) in [4.78, 5) is 21.4. The quantitative estimate of drug-likeness (QED) is 0.709. The lowest BCUT2D eigenvalue weighted by Gasteiger charge is -2.28. The predicted octanol–water partition coefficient (Wildman–Crippen LogP) is 3.74. The van der Waals surface area contributed by atoms with Crippen LogP contribution in [0.2, 0.25) is 0 Å². The Bertz CT molecular complexity index is 936. The molecule has 1 atom stereocenters. The molecule has 2 aliphatic rings. The number of ether oxygens (including phenoxy) is 2. The molecule has 1 aromatic carbocycles. The zero-order valence-electron chi connectivity index (χ0n) is 18.7. The number of carbonyl (C=O) groups excluding carboxylic acids is 1. The number of halogens is 1. The number of amides is 1. The fourth-order valence-electron chi connectivity index (χ4n) is 4.33. The molecule has 2 fully saturated rings. The van der Waals surface area contributed by atoms with Crippen molar-refractivity contribution in [1.82, 2.24) is 15.3 Å². The second kappa shape index (κ2) is 9.92.